The number of anilines is 1. The molecule has 1 unspecified atom stereocenters. The third-order valence-corrected chi connectivity index (χ3v) is 3.59. The van der Waals surface area contributed by atoms with Crippen LogP contribution in [0.3, 0.4) is 0 Å². The predicted octanol–water partition coefficient (Wildman–Crippen LogP) is 3.72. The molecule has 0 spiro atoms. The van der Waals surface area contributed by atoms with Gasteiger partial charge in [0.1, 0.15) is 0 Å². The smallest absolute Gasteiger partial charge is 0.308 e. The van der Waals surface area contributed by atoms with Crippen molar-refractivity contribution in [2.24, 2.45) is 5.92 Å². The molecule has 0 bridgehead atoms. The topological polar surface area (TPSA) is 40.5 Å². The van der Waals surface area contributed by atoms with Crippen LogP contribution in [0, 0.1) is 12.8 Å². The maximum atomic E-state index is 11.2. The van der Waals surface area contributed by atoms with Gasteiger partial charge in [0.2, 0.25) is 0 Å². The summed E-state index contributed by atoms with van der Waals surface area (Å²) in [5, 5.41) is 9.19. The van der Waals surface area contributed by atoms with E-state index in [-0.39, 0.29) is 0 Å². The molecule has 0 aliphatic heterocycles. The van der Waals surface area contributed by atoms with Gasteiger partial charge in [-0.25, -0.2) is 0 Å². The van der Waals surface area contributed by atoms with Gasteiger partial charge in [0.05, 0.1) is 5.92 Å². The van der Waals surface area contributed by atoms with Crippen LogP contribution >= 0.6 is 0 Å². The fourth-order valence-electron chi connectivity index (χ4n) is 2.38. The molecular weight excluding hydrogens is 262 g/mol. The highest BCUT2D eigenvalue weighted by atomic mass is 16.4. The summed E-state index contributed by atoms with van der Waals surface area (Å²) in [6.45, 7) is 5.01. The van der Waals surface area contributed by atoms with Crippen LogP contribution in [0.1, 0.15) is 18.1 Å². The van der Waals surface area contributed by atoms with Crippen molar-refractivity contribution in [2.45, 2.75) is 20.4 Å². The summed E-state index contributed by atoms with van der Waals surface area (Å²) in [6.07, 6.45) is 0. The molecule has 1 atom stereocenters. The molecule has 0 radical (unpaired) electrons. The van der Waals surface area contributed by atoms with Gasteiger partial charge < -0.3 is 10.0 Å². The third kappa shape index (κ3) is 4.09. The van der Waals surface area contributed by atoms with E-state index in [1.54, 1.807) is 6.92 Å². The fraction of sp³-hybridized carbons (Fsp3) is 0.278. The average molecular weight is 283 g/mol. The summed E-state index contributed by atoms with van der Waals surface area (Å²) >= 11 is 0. The molecule has 0 saturated heterocycles. The minimum Gasteiger partial charge on any atom is -0.481 e. The Labute approximate surface area is 125 Å². The maximum absolute atomic E-state index is 11.2. The van der Waals surface area contributed by atoms with Gasteiger partial charge in [0.25, 0.3) is 0 Å². The normalized spacial score (nSPS) is 11.9. The molecule has 3 nitrogen and oxygen atoms in total. The number of aliphatic carboxylic acids is 1. The summed E-state index contributed by atoms with van der Waals surface area (Å²) < 4.78 is 0. The average Bonchev–Trinajstić information content (AvgIpc) is 2.48. The van der Waals surface area contributed by atoms with E-state index in [1.165, 1.54) is 5.56 Å². The second-order valence-corrected chi connectivity index (χ2v) is 5.39. The summed E-state index contributed by atoms with van der Waals surface area (Å²) in [5.74, 6) is -1.17. The lowest BCUT2D eigenvalue weighted by atomic mass is 10.1. The monoisotopic (exact) mass is 283 g/mol. The SMILES string of the molecule is Cc1ccccc1N(Cc1ccccc1)CC(C)C(=O)O. The number of carbonyl (C=O) groups is 1. The van der Waals surface area contributed by atoms with Crippen molar-refractivity contribution in [2.75, 3.05) is 11.4 Å². The summed E-state index contributed by atoms with van der Waals surface area (Å²) in [4.78, 5) is 13.3. The molecule has 0 aliphatic carbocycles. The van der Waals surface area contributed by atoms with E-state index in [1.807, 2.05) is 36.4 Å². The summed E-state index contributed by atoms with van der Waals surface area (Å²) in [6, 6.07) is 18.2. The van der Waals surface area contributed by atoms with Crippen molar-refractivity contribution >= 4 is 11.7 Å². The van der Waals surface area contributed by atoms with Crippen molar-refractivity contribution in [1.29, 1.82) is 0 Å². The molecule has 0 fully saturated rings. The van der Waals surface area contributed by atoms with E-state index < -0.39 is 11.9 Å². The largest absolute Gasteiger partial charge is 0.481 e. The molecular formula is C18H21NO2. The molecule has 3 heteroatoms. The number of aryl methyl sites for hydroxylation is 1. The summed E-state index contributed by atoms with van der Waals surface area (Å²) in [5.41, 5.74) is 3.43. The van der Waals surface area contributed by atoms with Gasteiger partial charge in [-0.05, 0) is 24.1 Å². The first-order chi connectivity index (χ1) is 10.1. The number of hydrogen-bond acceptors (Lipinski definition) is 2. The van der Waals surface area contributed by atoms with E-state index in [2.05, 4.69) is 30.0 Å². The zero-order chi connectivity index (χ0) is 15.2. The second kappa shape index (κ2) is 6.93. The Morgan fingerprint density at radius 3 is 2.33 bits per heavy atom. The van der Waals surface area contributed by atoms with Crippen LogP contribution in [0.4, 0.5) is 5.69 Å². The van der Waals surface area contributed by atoms with E-state index in [4.69, 9.17) is 0 Å². The lowest BCUT2D eigenvalue weighted by Gasteiger charge is -2.28. The van der Waals surface area contributed by atoms with Crippen molar-refractivity contribution in [3.8, 4) is 0 Å². The standard InChI is InChI=1S/C18H21NO2/c1-14-8-6-7-11-17(14)19(12-15(2)18(20)21)13-16-9-4-3-5-10-16/h3-11,15H,12-13H2,1-2H3,(H,20,21). The Balaban J connectivity index is 2.26. The zero-order valence-electron chi connectivity index (χ0n) is 12.5. The molecule has 0 aromatic heterocycles. The van der Waals surface area contributed by atoms with Gasteiger partial charge in [-0.2, -0.15) is 0 Å². The molecule has 2 rings (SSSR count). The van der Waals surface area contributed by atoms with Gasteiger partial charge in [0.15, 0.2) is 0 Å². The Hall–Kier alpha value is -2.29. The Morgan fingerprint density at radius 2 is 1.71 bits per heavy atom. The highest BCUT2D eigenvalue weighted by Gasteiger charge is 2.18. The molecule has 21 heavy (non-hydrogen) atoms. The quantitative estimate of drug-likeness (QED) is 0.878. The number of benzene rings is 2. The number of carboxylic acid groups (broad SMARTS) is 1. The van der Waals surface area contributed by atoms with Crippen molar-refractivity contribution in [3.05, 3.63) is 65.7 Å². The minimum absolute atomic E-state index is 0.409. The molecule has 110 valence electrons. The number of nitrogens with zero attached hydrogens (tertiary/aromatic N) is 1. The third-order valence-electron chi connectivity index (χ3n) is 3.59. The fourth-order valence-corrected chi connectivity index (χ4v) is 2.38. The summed E-state index contributed by atoms with van der Waals surface area (Å²) in [7, 11) is 0. The van der Waals surface area contributed by atoms with Crippen LogP contribution in [0.5, 0.6) is 0 Å². The van der Waals surface area contributed by atoms with Gasteiger partial charge in [0, 0.05) is 18.8 Å². The Morgan fingerprint density at radius 1 is 1.10 bits per heavy atom. The highest BCUT2D eigenvalue weighted by Crippen LogP contribution is 2.23. The van der Waals surface area contributed by atoms with Crippen LogP contribution in [-0.4, -0.2) is 17.6 Å². The molecule has 2 aromatic carbocycles. The van der Waals surface area contributed by atoms with Crippen LogP contribution in [-0.2, 0) is 11.3 Å². The van der Waals surface area contributed by atoms with Crippen LogP contribution in [0.2, 0.25) is 0 Å². The molecule has 0 aliphatic rings. The van der Waals surface area contributed by atoms with Crippen molar-refractivity contribution in [1.82, 2.24) is 0 Å². The predicted molar refractivity (Wildman–Crippen MR) is 85.5 cm³/mol. The van der Waals surface area contributed by atoms with Crippen LogP contribution in [0.25, 0.3) is 0 Å². The lowest BCUT2D eigenvalue weighted by Crippen LogP contribution is -2.31. The Kier molecular flexibility index (Phi) is 4.99. The van der Waals surface area contributed by atoms with Gasteiger partial charge in [-0.1, -0.05) is 55.5 Å². The van der Waals surface area contributed by atoms with E-state index >= 15 is 0 Å². The number of hydrogen-bond donors (Lipinski definition) is 1. The van der Waals surface area contributed by atoms with E-state index in [0.717, 1.165) is 11.3 Å². The highest BCUT2D eigenvalue weighted by molar-refractivity contribution is 5.70. The number of para-hydroxylation sites is 1. The minimum atomic E-state index is -0.762. The number of carboxylic acids is 1. The van der Waals surface area contributed by atoms with E-state index in [0.29, 0.717) is 13.1 Å². The molecule has 0 saturated carbocycles. The first kappa shape index (κ1) is 15.1. The van der Waals surface area contributed by atoms with E-state index in [9.17, 15) is 9.90 Å². The Bertz CT molecular complexity index is 595. The van der Waals surface area contributed by atoms with Gasteiger partial charge in [-0.15, -0.1) is 0 Å². The maximum Gasteiger partial charge on any atom is 0.308 e. The van der Waals surface area contributed by atoms with Crippen LogP contribution in [0.15, 0.2) is 54.6 Å². The van der Waals surface area contributed by atoms with Crippen molar-refractivity contribution in [3.63, 3.8) is 0 Å². The lowest BCUT2D eigenvalue weighted by molar-refractivity contribution is -0.140. The molecule has 1 N–H and O–H groups in total. The van der Waals surface area contributed by atoms with Crippen molar-refractivity contribution < 1.29 is 9.90 Å². The number of rotatable bonds is 6. The molecule has 0 heterocycles. The van der Waals surface area contributed by atoms with Crippen LogP contribution < -0.4 is 4.90 Å². The first-order valence-electron chi connectivity index (χ1n) is 7.15. The molecule has 0 amide bonds. The zero-order valence-corrected chi connectivity index (χ0v) is 12.5. The first-order valence-corrected chi connectivity index (χ1v) is 7.15. The van der Waals surface area contributed by atoms with Gasteiger partial charge >= 0.3 is 5.97 Å². The molecule has 2 aromatic rings. The second-order valence-electron chi connectivity index (χ2n) is 5.39. The van der Waals surface area contributed by atoms with Gasteiger partial charge in [-0.3, -0.25) is 4.79 Å².